The maximum atomic E-state index is 13.8. The monoisotopic (exact) mass is 335 g/mol. The number of nitrogens with two attached hydrogens (primary N) is 1. The highest BCUT2D eigenvalue weighted by atomic mass is 19.1. The second-order valence-corrected chi connectivity index (χ2v) is 5.31. The molecule has 3 N–H and O–H groups in total. The molecule has 1 aromatic heterocycles. The van der Waals surface area contributed by atoms with E-state index in [1.54, 1.807) is 30.3 Å². The lowest BCUT2D eigenvalue weighted by Crippen LogP contribution is -2.14. The van der Waals surface area contributed by atoms with Gasteiger partial charge in [-0.05, 0) is 48.5 Å². The topological polar surface area (TPSA) is 85.1 Å². The first-order valence-corrected chi connectivity index (χ1v) is 7.47. The summed E-state index contributed by atoms with van der Waals surface area (Å²) >= 11 is 0. The summed E-state index contributed by atoms with van der Waals surface area (Å²) in [5.41, 5.74) is 7.21. The molecule has 5 nitrogen and oxygen atoms in total. The fourth-order valence-corrected chi connectivity index (χ4v) is 2.29. The first-order valence-electron chi connectivity index (χ1n) is 7.47. The highest BCUT2D eigenvalue weighted by Gasteiger charge is 2.09. The summed E-state index contributed by atoms with van der Waals surface area (Å²) in [7, 11) is 0. The number of hydrogen-bond acceptors (Lipinski definition) is 3. The number of rotatable bonds is 4. The highest BCUT2D eigenvalue weighted by molar-refractivity contribution is 6.05. The van der Waals surface area contributed by atoms with Crippen molar-refractivity contribution in [2.24, 2.45) is 5.73 Å². The molecule has 0 aliphatic rings. The Morgan fingerprint density at radius 2 is 1.60 bits per heavy atom. The molecule has 0 unspecified atom stereocenters. The van der Waals surface area contributed by atoms with Gasteiger partial charge < -0.3 is 11.1 Å². The number of carbonyl (C=O) groups is 2. The predicted octanol–water partition coefficient (Wildman–Crippen LogP) is 3.24. The predicted molar refractivity (Wildman–Crippen MR) is 92.5 cm³/mol. The van der Waals surface area contributed by atoms with Crippen molar-refractivity contribution < 1.29 is 14.0 Å². The lowest BCUT2D eigenvalue weighted by Gasteiger charge is -2.07. The first kappa shape index (κ1) is 16.3. The number of amides is 2. The Kier molecular flexibility index (Phi) is 4.52. The fraction of sp³-hybridized carbons (Fsp3) is 0. The van der Waals surface area contributed by atoms with Gasteiger partial charge in [-0.1, -0.05) is 12.1 Å². The fourth-order valence-electron chi connectivity index (χ4n) is 2.29. The van der Waals surface area contributed by atoms with Gasteiger partial charge in [-0.15, -0.1) is 0 Å². The number of aromatic nitrogens is 1. The van der Waals surface area contributed by atoms with E-state index in [9.17, 15) is 14.0 Å². The summed E-state index contributed by atoms with van der Waals surface area (Å²) in [6.45, 7) is 0. The summed E-state index contributed by atoms with van der Waals surface area (Å²) in [4.78, 5) is 27.4. The number of hydrogen-bond donors (Lipinski definition) is 2. The molecule has 0 radical (unpaired) electrons. The Morgan fingerprint density at radius 1 is 0.920 bits per heavy atom. The van der Waals surface area contributed by atoms with E-state index in [1.807, 2.05) is 0 Å². The average Bonchev–Trinajstić information content (AvgIpc) is 2.63. The quantitative estimate of drug-likeness (QED) is 0.767. The number of pyridine rings is 1. The number of benzene rings is 2. The molecule has 0 aliphatic heterocycles. The second kappa shape index (κ2) is 6.92. The molecule has 1 heterocycles. The Labute approximate surface area is 143 Å². The molecular weight excluding hydrogens is 321 g/mol. The molecule has 124 valence electrons. The zero-order valence-corrected chi connectivity index (χ0v) is 13.1. The molecular formula is C19H14FN3O2. The molecule has 3 aromatic rings. The molecule has 6 heteroatoms. The van der Waals surface area contributed by atoms with Crippen molar-refractivity contribution in [3.8, 4) is 11.3 Å². The van der Waals surface area contributed by atoms with Crippen molar-refractivity contribution in [1.29, 1.82) is 0 Å². The standard InChI is InChI=1S/C19H14FN3O2/c20-16-4-2-1-3-15(16)17-10-9-14(11-22-17)23-19(25)13-7-5-12(6-8-13)18(21)24/h1-11H,(H2,21,24)(H,23,25). The van der Waals surface area contributed by atoms with Gasteiger partial charge in [-0.2, -0.15) is 0 Å². The summed E-state index contributed by atoms with van der Waals surface area (Å²) in [5.74, 6) is -1.27. The minimum absolute atomic E-state index is 0.326. The molecule has 0 saturated heterocycles. The van der Waals surface area contributed by atoms with Gasteiger partial charge in [-0.3, -0.25) is 14.6 Å². The number of nitrogens with zero attached hydrogens (tertiary/aromatic N) is 1. The van der Waals surface area contributed by atoms with E-state index in [-0.39, 0.29) is 11.7 Å². The van der Waals surface area contributed by atoms with Crippen molar-refractivity contribution >= 4 is 17.5 Å². The highest BCUT2D eigenvalue weighted by Crippen LogP contribution is 2.21. The lowest BCUT2D eigenvalue weighted by atomic mass is 10.1. The molecule has 3 rings (SSSR count). The van der Waals surface area contributed by atoms with Gasteiger partial charge in [0, 0.05) is 16.7 Å². The molecule has 0 bridgehead atoms. The molecule has 0 fully saturated rings. The third kappa shape index (κ3) is 3.69. The van der Waals surface area contributed by atoms with Gasteiger partial charge in [-0.25, -0.2) is 4.39 Å². The Balaban J connectivity index is 1.74. The summed E-state index contributed by atoms with van der Waals surface area (Å²) < 4.78 is 13.8. The van der Waals surface area contributed by atoms with Crippen LogP contribution in [0.2, 0.25) is 0 Å². The van der Waals surface area contributed by atoms with Crippen LogP contribution in [0, 0.1) is 5.82 Å². The Bertz CT molecular complexity index is 922. The summed E-state index contributed by atoms with van der Waals surface area (Å²) in [6, 6.07) is 15.6. The largest absolute Gasteiger partial charge is 0.366 e. The Hall–Kier alpha value is -3.54. The van der Waals surface area contributed by atoms with Crippen LogP contribution in [-0.2, 0) is 0 Å². The number of primary amides is 1. The van der Waals surface area contributed by atoms with Crippen molar-refractivity contribution in [3.05, 3.63) is 83.8 Å². The van der Waals surface area contributed by atoms with Crippen LogP contribution in [0.3, 0.4) is 0 Å². The zero-order chi connectivity index (χ0) is 17.8. The number of nitrogens with one attached hydrogen (secondary N) is 1. The maximum Gasteiger partial charge on any atom is 0.255 e. The van der Waals surface area contributed by atoms with E-state index in [0.29, 0.717) is 28.1 Å². The summed E-state index contributed by atoms with van der Waals surface area (Å²) in [6.07, 6.45) is 1.46. The van der Waals surface area contributed by atoms with Crippen molar-refractivity contribution in [3.63, 3.8) is 0 Å². The van der Waals surface area contributed by atoms with E-state index >= 15 is 0 Å². The van der Waals surface area contributed by atoms with Crippen LogP contribution in [0.1, 0.15) is 20.7 Å². The van der Waals surface area contributed by atoms with Crippen molar-refractivity contribution in [2.75, 3.05) is 5.32 Å². The molecule has 0 aliphatic carbocycles. The SMILES string of the molecule is NC(=O)c1ccc(C(=O)Nc2ccc(-c3ccccc3F)nc2)cc1. The smallest absolute Gasteiger partial charge is 0.255 e. The number of anilines is 1. The van der Waals surface area contributed by atoms with Crippen LogP contribution in [0.25, 0.3) is 11.3 Å². The van der Waals surface area contributed by atoms with Crippen molar-refractivity contribution in [2.45, 2.75) is 0 Å². The normalized spacial score (nSPS) is 10.3. The number of carbonyl (C=O) groups excluding carboxylic acids is 2. The van der Waals surface area contributed by atoms with Crippen LogP contribution in [0.5, 0.6) is 0 Å². The van der Waals surface area contributed by atoms with E-state index in [2.05, 4.69) is 10.3 Å². The average molecular weight is 335 g/mol. The van der Waals surface area contributed by atoms with Crippen LogP contribution >= 0.6 is 0 Å². The van der Waals surface area contributed by atoms with E-state index in [1.165, 1.54) is 36.5 Å². The van der Waals surface area contributed by atoms with Crippen LogP contribution < -0.4 is 11.1 Å². The Morgan fingerprint density at radius 3 is 2.20 bits per heavy atom. The molecule has 25 heavy (non-hydrogen) atoms. The molecule has 2 aromatic carbocycles. The van der Waals surface area contributed by atoms with Gasteiger partial charge in [0.05, 0.1) is 17.6 Å². The van der Waals surface area contributed by atoms with Crippen molar-refractivity contribution in [1.82, 2.24) is 4.98 Å². The lowest BCUT2D eigenvalue weighted by molar-refractivity contribution is 0.0995. The van der Waals surface area contributed by atoms with Gasteiger partial charge in [0.25, 0.3) is 5.91 Å². The maximum absolute atomic E-state index is 13.8. The summed E-state index contributed by atoms with van der Waals surface area (Å²) in [5, 5.41) is 2.69. The van der Waals surface area contributed by atoms with Gasteiger partial charge in [0.1, 0.15) is 5.82 Å². The number of halogens is 1. The molecule has 2 amide bonds. The van der Waals surface area contributed by atoms with Crippen LogP contribution in [-0.4, -0.2) is 16.8 Å². The third-order valence-corrected chi connectivity index (χ3v) is 3.60. The van der Waals surface area contributed by atoms with Crippen LogP contribution in [0.15, 0.2) is 66.9 Å². The molecule has 0 spiro atoms. The van der Waals surface area contributed by atoms with Gasteiger partial charge in [0.15, 0.2) is 0 Å². The zero-order valence-electron chi connectivity index (χ0n) is 13.1. The van der Waals surface area contributed by atoms with Crippen LogP contribution in [0.4, 0.5) is 10.1 Å². The minimum atomic E-state index is -0.556. The minimum Gasteiger partial charge on any atom is -0.366 e. The second-order valence-electron chi connectivity index (χ2n) is 5.31. The van der Waals surface area contributed by atoms with E-state index in [0.717, 1.165) is 0 Å². The van der Waals surface area contributed by atoms with E-state index < -0.39 is 5.91 Å². The molecule has 0 saturated carbocycles. The molecule has 0 atom stereocenters. The third-order valence-electron chi connectivity index (χ3n) is 3.60. The van der Waals surface area contributed by atoms with E-state index in [4.69, 9.17) is 5.73 Å². The van der Waals surface area contributed by atoms with Gasteiger partial charge in [0.2, 0.25) is 5.91 Å². The van der Waals surface area contributed by atoms with Gasteiger partial charge >= 0.3 is 0 Å². The first-order chi connectivity index (χ1) is 12.0.